The van der Waals surface area contributed by atoms with Gasteiger partial charge in [-0.1, -0.05) is 24.3 Å². The van der Waals surface area contributed by atoms with E-state index in [4.69, 9.17) is 19.2 Å². The van der Waals surface area contributed by atoms with Crippen molar-refractivity contribution in [2.75, 3.05) is 34.0 Å². The topological polar surface area (TPSA) is 64.1 Å². The average Bonchev–Trinajstić information content (AvgIpc) is 2.74. The lowest BCUT2D eigenvalue weighted by Gasteiger charge is -2.14. The van der Waals surface area contributed by atoms with Crippen molar-refractivity contribution in [2.45, 2.75) is 33.4 Å². The van der Waals surface area contributed by atoms with E-state index in [2.05, 4.69) is 42.7 Å². The number of ether oxygens (including phenoxy) is 3. The van der Waals surface area contributed by atoms with E-state index in [1.807, 2.05) is 24.3 Å². The van der Waals surface area contributed by atoms with Crippen LogP contribution in [0.4, 0.5) is 0 Å². The van der Waals surface area contributed by atoms with Crippen molar-refractivity contribution in [2.24, 2.45) is 4.99 Å². The predicted octanol–water partition coefficient (Wildman–Crippen LogP) is 3.67. The maximum absolute atomic E-state index is 5.77. The molecule has 2 N–H and O–H groups in total. The van der Waals surface area contributed by atoms with Crippen LogP contribution in [0.5, 0.6) is 11.5 Å². The fourth-order valence-corrected chi connectivity index (χ4v) is 2.82. The van der Waals surface area contributed by atoms with Crippen LogP contribution in [0.25, 0.3) is 0 Å². The van der Waals surface area contributed by atoms with E-state index in [0.29, 0.717) is 26.3 Å². The van der Waals surface area contributed by atoms with E-state index in [1.165, 1.54) is 5.56 Å². The molecule has 6 heteroatoms. The number of methoxy groups -OCH3 is 2. The highest BCUT2D eigenvalue weighted by atomic mass is 16.5. The zero-order valence-corrected chi connectivity index (χ0v) is 18.0. The summed E-state index contributed by atoms with van der Waals surface area (Å²) in [6, 6.07) is 14.2. The van der Waals surface area contributed by atoms with Crippen molar-refractivity contribution in [3.63, 3.8) is 0 Å². The molecule has 0 aliphatic heterocycles. The van der Waals surface area contributed by atoms with Crippen LogP contribution in [0.2, 0.25) is 0 Å². The maximum Gasteiger partial charge on any atom is 0.191 e. The highest BCUT2D eigenvalue weighted by Gasteiger charge is 2.05. The van der Waals surface area contributed by atoms with Crippen LogP contribution in [0.3, 0.4) is 0 Å². The first kappa shape index (κ1) is 22.6. The van der Waals surface area contributed by atoms with Crippen molar-refractivity contribution < 1.29 is 14.2 Å². The largest absolute Gasteiger partial charge is 0.496 e. The van der Waals surface area contributed by atoms with Gasteiger partial charge >= 0.3 is 0 Å². The summed E-state index contributed by atoms with van der Waals surface area (Å²) in [5, 5.41) is 6.67. The molecule has 0 amide bonds. The Morgan fingerprint density at radius 1 is 1.03 bits per heavy atom. The number of nitrogens with zero attached hydrogens (tertiary/aromatic N) is 1. The molecule has 0 spiro atoms. The quantitative estimate of drug-likeness (QED) is 0.343. The molecule has 0 saturated heterocycles. The summed E-state index contributed by atoms with van der Waals surface area (Å²) in [4.78, 5) is 4.70. The molecular weight excluding hydrogens is 366 g/mol. The van der Waals surface area contributed by atoms with Crippen molar-refractivity contribution in [3.05, 3.63) is 59.2 Å². The first-order valence-corrected chi connectivity index (χ1v) is 10.0. The number of benzene rings is 2. The van der Waals surface area contributed by atoms with E-state index in [0.717, 1.165) is 41.6 Å². The second kappa shape index (κ2) is 12.7. The Morgan fingerprint density at radius 2 is 1.90 bits per heavy atom. The number of rotatable bonds is 11. The molecule has 2 rings (SSSR count). The van der Waals surface area contributed by atoms with Crippen molar-refractivity contribution in [1.29, 1.82) is 0 Å². The summed E-state index contributed by atoms with van der Waals surface area (Å²) < 4.78 is 16.3. The minimum atomic E-state index is 0.565. The zero-order chi connectivity index (χ0) is 20.9. The third-order valence-electron chi connectivity index (χ3n) is 4.31. The number of hydrogen-bond donors (Lipinski definition) is 2. The van der Waals surface area contributed by atoms with Gasteiger partial charge in [-0.15, -0.1) is 0 Å². The SMILES string of the molecule is CCNC(=NCc1cccc(OCCCOC)c1)NCc1ccc(C)cc1OC. The first-order chi connectivity index (χ1) is 14.2. The van der Waals surface area contributed by atoms with Crippen LogP contribution >= 0.6 is 0 Å². The van der Waals surface area contributed by atoms with Crippen molar-refractivity contribution >= 4 is 5.96 Å². The predicted molar refractivity (Wildman–Crippen MR) is 118 cm³/mol. The lowest BCUT2D eigenvalue weighted by atomic mass is 10.1. The summed E-state index contributed by atoms with van der Waals surface area (Å²) in [6.07, 6.45) is 0.871. The maximum atomic E-state index is 5.77. The van der Waals surface area contributed by atoms with E-state index in [-0.39, 0.29) is 0 Å². The smallest absolute Gasteiger partial charge is 0.191 e. The molecule has 0 fully saturated rings. The van der Waals surface area contributed by atoms with Gasteiger partial charge in [-0.3, -0.25) is 0 Å². The molecule has 0 bridgehead atoms. The van der Waals surface area contributed by atoms with Crippen LogP contribution in [-0.2, 0) is 17.8 Å². The Kier molecular flexibility index (Phi) is 9.86. The molecule has 0 radical (unpaired) electrons. The summed E-state index contributed by atoms with van der Waals surface area (Å²) in [7, 11) is 3.39. The third kappa shape index (κ3) is 8.03. The van der Waals surface area contributed by atoms with Gasteiger partial charge in [-0.2, -0.15) is 0 Å². The third-order valence-corrected chi connectivity index (χ3v) is 4.31. The fourth-order valence-electron chi connectivity index (χ4n) is 2.82. The molecule has 0 saturated carbocycles. The van der Waals surface area contributed by atoms with Gasteiger partial charge in [0.05, 0.1) is 20.3 Å². The Balaban J connectivity index is 1.96. The van der Waals surface area contributed by atoms with E-state index in [1.54, 1.807) is 14.2 Å². The second-order valence-electron chi connectivity index (χ2n) is 6.71. The molecular formula is C23H33N3O3. The minimum absolute atomic E-state index is 0.565. The van der Waals surface area contributed by atoms with E-state index < -0.39 is 0 Å². The number of aryl methyl sites for hydroxylation is 1. The molecule has 0 heterocycles. The van der Waals surface area contributed by atoms with Gasteiger partial charge in [0.15, 0.2) is 5.96 Å². The Bertz CT molecular complexity index is 778. The van der Waals surface area contributed by atoms with Crippen molar-refractivity contribution in [1.82, 2.24) is 10.6 Å². The standard InChI is InChI=1S/C23H33N3O3/c1-5-24-23(26-17-20-11-10-18(2)14-22(20)28-4)25-16-19-8-6-9-21(15-19)29-13-7-12-27-3/h6,8-11,14-15H,5,7,12-13,16-17H2,1-4H3,(H2,24,25,26). The molecule has 2 aromatic carbocycles. The van der Waals surface area contributed by atoms with Gasteiger partial charge in [0, 0.05) is 38.8 Å². The number of nitrogens with one attached hydrogen (secondary N) is 2. The Labute approximate surface area is 174 Å². The fraction of sp³-hybridized carbons (Fsp3) is 0.435. The number of aliphatic imine (C=N–C) groups is 1. The molecule has 6 nitrogen and oxygen atoms in total. The molecule has 158 valence electrons. The van der Waals surface area contributed by atoms with Gasteiger partial charge in [0.1, 0.15) is 11.5 Å². The van der Waals surface area contributed by atoms with Crippen LogP contribution in [-0.4, -0.2) is 39.9 Å². The summed E-state index contributed by atoms with van der Waals surface area (Å²) >= 11 is 0. The summed E-state index contributed by atoms with van der Waals surface area (Å²) in [5.41, 5.74) is 3.37. The van der Waals surface area contributed by atoms with E-state index >= 15 is 0 Å². The summed E-state index contributed by atoms with van der Waals surface area (Å²) in [5.74, 6) is 2.50. The highest BCUT2D eigenvalue weighted by molar-refractivity contribution is 5.79. The second-order valence-corrected chi connectivity index (χ2v) is 6.71. The summed E-state index contributed by atoms with van der Waals surface area (Å²) in [6.45, 7) is 7.45. The Morgan fingerprint density at radius 3 is 2.66 bits per heavy atom. The highest BCUT2D eigenvalue weighted by Crippen LogP contribution is 2.19. The van der Waals surface area contributed by atoms with Gasteiger partial charge in [-0.05, 0) is 43.2 Å². The molecule has 0 atom stereocenters. The van der Waals surface area contributed by atoms with Gasteiger partial charge in [0.2, 0.25) is 0 Å². The van der Waals surface area contributed by atoms with Gasteiger partial charge in [-0.25, -0.2) is 4.99 Å². The van der Waals surface area contributed by atoms with Crippen LogP contribution in [0.1, 0.15) is 30.0 Å². The average molecular weight is 400 g/mol. The number of hydrogen-bond acceptors (Lipinski definition) is 4. The molecule has 0 aliphatic rings. The normalized spacial score (nSPS) is 11.2. The molecule has 2 aromatic rings. The van der Waals surface area contributed by atoms with Crippen LogP contribution < -0.4 is 20.1 Å². The first-order valence-electron chi connectivity index (χ1n) is 10.0. The zero-order valence-electron chi connectivity index (χ0n) is 18.0. The van der Waals surface area contributed by atoms with Crippen molar-refractivity contribution in [3.8, 4) is 11.5 Å². The molecule has 0 aliphatic carbocycles. The molecule has 0 aromatic heterocycles. The lowest BCUT2D eigenvalue weighted by Crippen LogP contribution is -2.36. The minimum Gasteiger partial charge on any atom is -0.496 e. The van der Waals surface area contributed by atoms with Gasteiger partial charge in [0.25, 0.3) is 0 Å². The monoisotopic (exact) mass is 399 g/mol. The van der Waals surface area contributed by atoms with E-state index in [9.17, 15) is 0 Å². The van der Waals surface area contributed by atoms with Crippen LogP contribution in [0, 0.1) is 6.92 Å². The molecule has 29 heavy (non-hydrogen) atoms. The number of guanidine groups is 1. The molecule has 0 unspecified atom stereocenters. The Hall–Kier alpha value is -2.73. The lowest BCUT2D eigenvalue weighted by molar-refractivity contribution is 0.172. The van der Waals surface area contributed by atoms with Crippen LogP contribution in [0.15, 0.2) is 47.5 Å². The van der Waals surface area contributed by atoms with Gasteiger partial charge < -0.3 is 24.8 Å².